The Hall–Kier alpha value is -2.41. The summed E-state index contributed by atoms with van der Waals surface area (Å²) in [5.41, 5.74) is 2.75. The molecule has 0 atom stereocenters. The Balaban J connectivity index is 1.41. The van der Waals surface area contributed by atoms with Crippen molar-refractivity contribution in [2.45, 2.75) is 51.2 Å². The molecule has 0 amide bonds. The van der Waals surface area contributed by atoms with Gasteiger partial charge in [-0.3, -0.25) is 0 Å². The molecule has 2 aromatic rings. The van der Waals surface area contributed by atoms with E-state index in [-0.39, 0.29) is 0 Å². The molecule has 1 saturated carbocycles. The van der Waals surface area contributed by atoms with Crippen molar-refractivity contribution in [2.24, 2.45) is 0 Å². The van der Waals surface area contributed by atoms with Crippen LogP contribution in [0.5, 0.6) is 0 Å². The van der Waals surface area contributed by atoms with Gasteiger partial charge in [0.15, 0.2) is 5.11 Å². The van der Waals surface area contributed by atoms with Gasteiger partial charge < -0.3 is 20.4 Å². The molecular weight excluding hydrogens is 368 g/mol. The lowest BCUT2D eigenvalue weighted by Crippen LogP contribution is -2.33. The third-order valence-corrected chi connectivity index (χ3v) is 5.90. The maximum Gasteiger partial charge on any atom is 0.232 e. The largest absolute Gasteiger partial charge is 0.360 e. The van der Waals surface area contributed by atoms with Crippen molar-refractivity contribution in [1.82, 2.24) is 15.3 Å². The highest BCUT2D eigenvalue weighted by Gasteiger charge is 2.24. The monoisotopic (exact) mass is 394 g/mol. The van der Waals surface area contributed by atoms with Gasteiger partial charge in [-0.1, -0.05) is 24.3 Å². The van der Waals surface area contributed by atoms with Crippen molar-refractivity contribution in [3.05, 3.63) is 41.5 Å². The SMILES string of the molecule is S=C(Nc1nc(N2CCCCC2)cc(N2Cc3ccccc3C2)n1)NC1CC1. The summed E-state index contributed by atoms with van der Waals surface area (Å²) >= 11 is 5.46. The lowest BCUT2D eigenvalue weighted by Gasteiger charge is -2.29. The number of fused-ring (bicyclic) bond motifs is 1. The van der Waals surface area contributed by atoms with E-state index in [1.54, 1.807) is 0 Å². The first-order chi connectivity index (χ1) is 13.7. The highest BCUT2D eigenvalue weighted by atomic mass is 32.1. The molecule has 0 spiro atoms. The van der Waals surface area contributed by atoms with Crippen LogP contribution in [0.3, 0.4) is 0 Å². The second kappa shape index (κ2) is 7.54. The predicted molar refractivity (Wildman–Crippen MR) is 117 cm³/mol. The molecule has 1 saturated heterocycles. The molecule has 0 radical (unpaired) electrons. The van der Waals surface area contributed by atoms with Crippen LogP contribution in [0.4, 0.5) is 17.6 Å². The van der Waals surface area contributed by atoms with E-state index in [0.29, 0.717) is 17.1 Å². The summed E-state index contributed by atoms with van der Waals surface area (Å²) in [7, 11) is 0. The zero-order chi connectivity index (χ0) is 18.9. The summed E-state index contributed by atoms with van der Waals surface area (Å²) in [5, 5.41) is 7.16. The standard InChI is InChI=1S/C21H26N6S/c28-21(22-17-8-9-17)25-20-23-18(26-10-4-1-5-11-26)12-19(24-20)27-13-15-6-2-3-7-16(15)14-27/h2-3,6-7,12,17H,1,4-5,8-11,13-14H2,(H2,22,23,24,25,28). The summed E-state index contributed by atoms with van der Waals surface area (Å²) in [6.07, 6.45) is 6.12. The van der Waals surface area contributed by atoms with E-state index in [1.165, 1.54) is 43.2 Å². The molecular formula is C21H26N6S. The quantitative estimate of drug-likeness (QED) is 0.771. The van der Waals surface area contributed by atoms with Crippen molar-refractivity contribution >= 4 is 34.9 Å². The van der Waals surface area contributed by atoms with Crippen LogP contribution < -0.4 is 20.4 Å². The Bertz CT molecular complexity index is 850. The number of anilines is 3. The van der Waals surface area contributed by atoms with Gasteiger partial charge in [-0.2, -0.15) is 9.97 Å². The number of rotatable bonds is 4. The maximum atomic E-state index is 5.46. The highest BCUT2D eigenvalue weighted by molar-refractivity contribution is 7.80. The van der Waals surface area contributed by atoms with E-state index in [1.807, 2.05) is 0 Å². The van der Waals surface area contributed by atoms with E-state index in [9.17, 15) is 0 Å². The fourth-order valence-corrected chi connectivity index (χ4v) is 4.23. The van der Waals surface area contributed by atoms with Crippen LogP contribution in [0.2, 0.25) is 0 Å². The predicted octanol–water partition coefficient (Wildman–Crippen LogP) is 3.44. The first-order valence-corrected chi connectivity index (χ1v) is 10.7. The molecule has 3 aliphatic rings. The van der Waals surface area contributed by atoms with E-state index < -0.39 is 0 Å². The number of thiocarbonyl (C=S) groups is 1. The topological polar surface area (TPSA) is 56.3 Å². The third-order valence-electron chi connectivity index (χ3n) is 5.68. The van der Waals surface area contributed by atoms with Crippen LogP contribution in [0.25, 0.3) is 0 Å². The van der Waals surface area contributed by atoms with Gasteiger partial charge in [0.25, 0.3) is 0 Å². The normalized spacial score (nSPS) is 18.7. The van der Waals surface area contributed by atoms with Crippen LogP contribution in [0, 0.1) is 0 Å². The van der Waals surface area contributed by atoms with Gasteiger partial charge in [0, 0.05) is 38.3 Å². The zero-order valence-corrected chi connectivity index (χ0v) is 16.8. The molecule has 3 heterocycles. The van der Waals surface area contributed by atoms with Crippen LogP contribution in [0.15, 0.2) is 30.3 Å². The highest BCUT2D eigenvalue weighted by Crippen LogP contribution is 2.30. The van der Waals surface area contributed by atoms with E-state index >= 15 is 0 Å². The molecule has 1 aliphatic carbocycles. The molecule has 28 heavy (non-hydrogen) atoms. The molecule has 2 N–H and O–H groups in total. The second-order valence-corrected chi connectivity index (χ2v) is 8.36. The van der Waals surface area contributed by atoms with Gasteiger partial charge in [0.2, 0.25) is 5.95 Å². The molecule has 2 fully saturated rings. The average molecular weight is 395 g/mol. The van der Waals surface area contributed by atoms with Crippen LogP contribution in [-0.4, -0.2) is 34.2 Å². The lowest BCUT2D eigenvalue weighted by atomic mass is 10.1. The summed E-state index contributed by atoms with van der Waals surface area (Å²) in [6, 6.07) is 11.3. The molecule has 7 heteroatoms. The van der Waals surface area contributed by atoms with Gasteiger partial charge in [0.05, 0.1) is 0 Å². The Morgan fingerprint density at radius 3 is 2.21 bits per heavy atom. The fourth-order valence-electron chi connectivity index (χ4n) is 3.97. The number of nitrogens with one attached hydrogen (secondary N) is 2. The number of hydrogen-bond acceptors (Lipinski definition) is 5. The van der Waals surface area contributed by atoms with Gasteiger partial charge in [-0.05, 0) is 55.4 Å². The minimum atomic E-state index is 0.512. The molecule has 0 bridgehead atoms. The number of benzene rings is 1. The first-order valence-electron chi connectivity index (χ1n) is 10.3. The summed E-state index contributed by atoms with van der Waals surface area (Å²) < 4.78 is 0. The molecule has 5 rings (SSSR count). The third kappa shape index (κ3) is 3.90. The fraction of sp³-hybridized carbons (Fsp3) is 0.476. The molecule has 1 aromatic carbocycles. The Kier molecular flexibility index (Phi) is 4.76. The Morgan fingerprint density at radius 2 is 1.57 bits per heavy atom. The molecule has 6 nitrogen and oxygen atoms in total. The van der Waals surface area contributed by atoms with Crippen molar-refractivity contribution in [3.63, 3.8) is 0 Å². The van der Waals surface area contributed by atoms with Crippen LogP contribution in [-0.2, 0) is 13.1 Å². The minimum Gasteiger partial charge on any atom is -0.360 e. The molecule has 1 aromatic heterocycles. The van der Waals surface area contributed by atoms with Crippen LogP contribution >= 0.6 is 12.2 Å². The number of aromatic nitrogens is 2. The van der Waals surface area contributed by atoms with Gasteiger partial charge >= 0.3 is 0 Å². The second-order valence-electron chi connectivity index (χ2n) is 7.95. The number of hydrogen-bond donors (Lipinski definition) is 2. The van der Waals surface area contributed by atoms with Gasteiger partial charge in [-0.15, -0.1) is 0 Å². The lowest BCUT2D eigenvalue weighted by molar-refractivity contribution is 0.573. The van der Waals surface area contributed by atoms with Gasteiger partial charge in [-0.25, -0.2) is 0 Å². The van der Waals surface area contributed by atoms with Crippen molar-refractivity contribution < 1.29 is 0 Å². The van der Waals surface area contributed by atoms with E-state index in [2.05, 4.69) is 50.8 Å². The van der Waals surface area contributed by atoms with Crippen LogP contribution in [0.1, 0.15) is 43.2 Å². The molecule has 146 valence electrons. The first kappa shape index (κ1) is 17.7. The summed E-state index contributed by atoms with van der Waals surface area (Å²) in [5.74, 6) is 2.55. The maximum absolute atomic E-state index is 5.46. The van der Waals surface area contributed by atoms with Gasteiger partial charge in [0.1, 0.15) is 11.6 Å². The molecule has 0 unspecified atom stereocenters. The minimum absolute atomic E-state index is 0.512. The average Bonchev–Trinajstić information content (AvgIpc) is 3.42. The number of nitrogens with zero attached hydrogens (tertiary/aromatic N) is 4. The van der Waals surface area contributed by atoms with Crippen molar-refractivity contribution in [2.75, 3.05) is 28.2 Å². The van der Waals surface area contributed by atoms with E-state index in [0.717, 1.165) is 37.8 Å². The molecule has 2 aliphatic heterocycles. The number of piperidine rings is 1. The zero-order valence-electron chi connectivity index (χ0n) is 16.0. The van der Waals surface area contributed by atoms with E-state index in [4.69, 9.17) is 22.2 Å². The van der Waals surface area contributed by atoms with Crippen molar-refractivity contribution in [3.8, 4) is 0 Å². The summed E-state index contributed by atoms with van der Waals surface area (Å²) in [4.78, 5) is 14.3. The Labute approximate surface area is 171 Å². The smallest absolute Gasteiger partial charge is 0.232 e. The van der Waals surface area contributed by atoms with Crippen molar-refractivity contribution in [1.29, 1.82) is 0 Å². The summed E-state index contributed by atoms with van der Waals surface area (Å²) in [6.45, 7) is 3.88. The Morgan fingerprint density at radius 1 is 0.929 bits per heavy atom.